The third-order valence-electron chi connectivity index (χ3n) is 4.47. The summed E-state index contributed by atoms with van der Waals surface area (Å²) in [6.07, 6.45) is 8.66. The molecule has 0 unspecified atom stereocenters. The highest BCUT2D eigenvalue weighted by atomic mass is 16.1. The Kier molecular flexibility index (Phi) is 5.41. The highest BCUT2D eigenvalue weighted by Gasteiger charge is 2.17. The summed E-state index contributed by atoms with van der Waals surface area (Å²) in [4.78, 5) is 21.0. The largest absolute Gasteiger partial charge is 0.348 e. The molecule has 0 radical (unpaired) electrons. The zero-order valence-electron chi connectivity index (χ0n) is 14.1. The van der Waals surface area contributed by atoms with Gasteiger partial charge in [0.05, 0.1) is 0 Å². The average molecular weight is 324 g/mol. The fourth-order valence-electron chi connectivity index (χ4n) is 3.06. The number of amides is 1. The maximum atomic E-state index is 12.5. The highest BCUT2D eigenvalue weighted by molar-refractivity contribution is 5.92. The number of rotatable bonds is 4. The van der Waals surface area contributed by atoms with Gasteiger partial charge in [-0.3, -0.25) is 4.79 Å². The van der Waals surface area contributed by atoms with Crippen molar-refractivity contribution in [2.24, 2.45) is 0 Å². The van der Waals surface area contributed by atoms with E-state index in [-0.39, 0.29) is 11.9 Å². The number of carbonyl (C=O) groups excluding carboxylic acids is 1. The summed E-state index contributed by atoms with van der Waals surface area (Å²) in [6, 6.07) is 9.86. The number of nitrogens with zero attached hydrogens (tertiary/aromatic N) is 2. The normalized spacial score (nSPS) is 15.5. The predicted molar refractivity (Wildman–Crippen MR) is 95.4 cm³/mol. The van der Waals surface area contributed by atoms with E-state index >= 15 is 0 Å². The maximum Gasteiger partial charge on any atom is 0.270 e. The minimum absolute atomic E-state index is 0.114. The quantitative estimate of drug-likeness (QED) is 0.835. The molecule has 1 aliphatic carbocycles. The van der Waals surface area contributed by atoms with Gasteiger partial charge < -0.3 is 10.6 Å². The smallest absolute Gasteiger partial charge is 0.270 e. The summed E-state index contributed by atoms with van der Waals surface area (Å²) in [6.45, 7) is 2.02. The molecule has 0 bridgehead atoms. The van der Waals surface area contributed by atoms with Crippen LogP contribution in [0.5, 0.6) is 0 Å². The van der Waals surface area contributed by atoms with Crippen LogP contribution in [0.15, 0.2) is 36.5 Å². The summed E-state index contributed by atoms with van der Waals surface area (Å²) in [5, 5.41) is 6.30. The standard InChI is InChI=1S/C19H24N4O/c1-14-8-6-7-11-16(14)22-19-20-13-12-17(23-19)18(24)21-15-9-4-2-3-5-10-15/h6-8,11-13,15H,2-5,9-10H2,1H3,(H,21,24)(H,20,22,23). The van der Waals surface area contributed by atoms with E-state index in [1.54, 1.807) is 12.3 Å². The van der Waals surface area contributed by atoms with E-state index in [0.717, 1.165) is 24.1 Å². The Morgan fingerprint density at radius 3 is 2.58 bits per heavy atom. The first-order chi connectivity index (χ1) is 11.7. The number of aromatic nitrogens is 2. The Hall–Kier alpha value is -2.43. The lowest BCUT2D eigenvalue weighted by Crippen LogP contribution is -2.35. The molecule has 0 spiro atoms. The van der Waals surface area contributed by atoms with Crippen molar-refractivity contribution >= 4 is 17.5 Å². The van der Waals surface area contributed by atoms with Gasteiger partial charge in [-0.1, -0.05) is 43.9 Å². The Morgan fingerprint density at radius 2 is 1.83 bits per heavy atom. The maximum absolute atomic E-state index is 12.5. The number of carbonyl (C=O) groups is 1. The van der Waals surface area contributed by atoms with Crippen LogP contribution in [-0.2, 0) is 0 Å². The number of aryl methyl sites for hydroxylation is 1. The topological polar surface area (TPSA) is 66.9 Å². The molecule has 2 aromatic rings. The lowest BCUT2D eigenvalue weighted by Gasteiger charge is -2.16. The van der Waals surface area contributed by atoms with Crippen molar-refractivity contribution in [1.82, 2.24) is 15.3 Å². The zero-order chi connectivity index (χ0) is 16.8. The summed E-state index contributed by atoms with van der Waals surface area (Å²) < 4.78 is 0. The van der Waals surface area contributed by atoms with Crippen molar-refractivity contribution in [3.05, 3.63) is 47.8 Å². The van der Waals surface area contributed by atoms with Crippen LogP contribution in [0.2, 0.25) is 0 Å². The first-order valence-electron chi connectivity index (χ1n) is 8.69. The molecule has 0 saturated heterocycles. The molecule has 126 valence electrons. The molecular formula is C19H24N4O. The zero-order valence-corrected chi connectivity index (χ0v) is 14.1. The van der Waals surface area contributed by atoms with Crippen LogP contribution in [0.1, 0.15) is 54.6 Å². The molecule has 5 heteroatoms. The minimum Gasteiger partial charge on any atom is -0.348 e. The second kappa shape index (κ2) is 7.90. The van der Waals surface area contributed by atoms with E-state index in [1.165, 1.54) is 25.7 Å². The number of benzene rings is 1. The minimum atomic E-state index is -0.114. The first-order valence-corrected chi connectivity index (χ1v) is 8.69. The molecular weight excluding hydrogens is 300 g/mol. The van der Waals surface area contributed by atoms with Crippen LogP contribution < -0.4 is 10.6 Å². The van der Waals surface area contributed by atoms with Crippen molar-refractivity contribution in [2.45, 2.75) is 51.5 Å². The lowest BCUT2D eigenvalue weighted by molar-refractivity contribution is 0.0928. The first kappa shape index (κ1) is 16.4. The van der Waals surface area contributed by atoms with Gasteiger partial charge in [0.25, 0.3) is 5.91 Å². The van der Waals surface area contributed by atoms with Crippen LogP contribution in [0.4, 0.5) is 11.6 Å². The SMILES string of the molecule is Cc1ccccc1Nc1nccc(C(=O)NC2CCCCCC2)n1. The molecule has 1 aliphatic rings. The molecule has 0 atom stereocenters. The van der Waals surface area contributed by atoms with Gasteiger partial charge >= 0.3 is 0 Å². The molecule has 24 heavy (non-hydrogen) atoms. The fraction of sp³-hybridized carbons (Fsp3) is 0.421. The molecule has 1 aromatic heterocycles. The molecule has 1 amide bonds. The van der Waals surface area contributed by atoms with Crippen LogP contribution in [0, 0.1) is 6.92 Å². The Balaban J connectivity index is 1.68. The predicted octanol–water partition coefficient (Wildman–Crippen LogP) is 3.98. The lowest BCUT2D eigenvalue weighted by atomic mass is 10.1. The molecule has 1 saturated carbocycles. The Morgan fingerprint density at radius 1 is 1.08 bits per heavy atom. The van der Waals surface area contributed by atoms with Crippen molar-refractivity contribution in [3.8, 4) is 0 Å². The summed E-state index contributed by atoms with van der Waals surface area (Å²) >= 11 is 0. The average Bonchev–Trinajstić information content (AvgIpc) is 2.86. The monoisotopic (exact) mass is 324 g/mol. The molecule has 5 nitrogen and oxygen atoms in total. The van der Waals surface area contributed by atoms with Crippen molar-refractivity contribution in [3.63, 3.8) is 0 Å². The molecule has 2 N–H and O–H groups in total. The van der Waals surface area contributed by atoms with Crippen molar-refractivity contribution in [1.29, 1.82) is 0 Å². The van der Waals surface area contributed by atoms with Gasteiger partial charge in [-0.25, -0.2) is 9.97 Å². The van der Waals surface area contributed by atoms with Gasteiger partial charge in [-0.15, -0.1) is 0 Å². The van der Waals surface area contributed by atoms with Gasteiger partial charge in [0.15, 0.2) is 0 Å². The third kappa shape index (κ3) is 4.31. The van der Waals surface area contributed by atoms with Crippen LogP contribution in [-0.4, -0.2) is 21.9 Å². The molecule has 1 fully saturated rings. The Labute approximate surface area is 142 Å². The van der Waals surface area contributed by atoms with E-state index in [1.807, 2.05) is 31.2 Å². The number of nitrogens with one attached hydrogen (secondary N) is 2. The van der Waals surface area contributed by atoms with Crippen molar-refractivity contribution < 1.29 is 4.79 Å². The van der Waals surface area contributed by atoms with E-state index in [9.17, 15) is 4.79 Å². The van der Waals surface area contributed by atoms with E-state index < -0.39 is 0 Å². The van der Waals surface area contributed by atoms with E-state index in [0.29, 0.717) is 11.6 Å². The van der Waals surface area contributed by atoms with E-state index in [4.69, 9.17) is 0 Å². The molecule has 1 aromatic carbocycles. The number of anilines is 2. The number of para-hydroxylation sites is 1. The number of hydrogen-bond donors (Lipinski definition) is 2. The second-order valence-electron chi connectivity index (χ2n) is 6.37. The molecule has 0 aliphatic heterocycles. The van der Waals surface area contributed by atoms with Crippen LogP contribution >= 0.6 is 0 Å². The summed E-state index contributed by atoms with van der Waals surface area (Å²) in [5.74, 6) is 0.329. The van der Waals surface area contributed by atoms with Gasteiger partial charge in [-0.05, 0) is 37.5 Å². The second-order valence-corrected chi connectivity index (χ2v) is 6.37. The Bertz CT molecular complexity index is 693. The van der Waals surface area contributed by atoms with Gasteiger partial charge in [0, 0.05) is 17.9 Å². The van der Waals surface area contributed by atoms with Crippen molar-refractivity contribution in [2.75, 3.05) is 5.32 Å². The van der Waals surface area contributed by atoms with E-state index in [2.05, 4.69) is 20.6 Å². The summed E-state index contributed by atoms with van der Waals surface area (Å²) in [7, 11) is 0. The number of hydrogen-bond acceptors (Lipinski definition) is 4. The van der Waals surface area contributed by atoms with Crippen LogP contribution in [0.25, 0.3) is 0 Å². The van der Waals surface area contributed by atoms with Gasteiger partial charge in [0.2, 0.25) is 5.95 Å². The molecule has 1 heterocycles. The molecule has 3 rings (SSSR count). The highest BCUT2D eigenvalue weighted by Crippen LogP contribution is 2.19. The van der Waals surface area contributed by atoms with Gasteiger partial charge in [0.1, 0.15) is 5.69 Å². The fourth-order valence-corrected chi connectivity index (χ4v) is 3.06. The van der Waals surface area contributed by atoms with Gasteiger partial charge in [-0.2, -0.15) is 0 Å². The third-order valence-corrected chi connectivity index (χ3v) is 4.47. The van der Waals surface area contributed by atoms with Crippen LogP contribution in [0.3, 0.4) is 0 Å². The summed E-state index contributed by atoms with van der Waals surface area (Å²) in [5.41, 5.74) is 2.46.